The van der Waals surface area contributed by atoms with Crippen LogP contribution in [0.5, 0.6) is 0 Å². The Labute approximate surface area is 246 Å². The van der Waals surface area contributed by atoms with Crippen molar-refractivity contribution in [1.29, 1.82) is 0 Å². The molecule has 1 atom stereocenters. The topological polar surface area (TPSA) is 48.5 Å². The summed E-state index contributed by atoms with van der Waals surface area (Å²) in [4.78, 5) is 24.9. The Kier molecular flexibility index (Phi) is 9.32. The zero-order chi connectivity index (χ0) is 28.0. The number of aromatic nitrogens is 1. The maximum absolute atomic E-state index is 14.3. The van der Waals surface area contributed by atoms with Crippen molar-refractivity contribution in [3.8, 4) is 11.3 Å². The first kappa shape index (κ1) is 28.4. The summed E-state index contributed by atoms with van der Waals surface area (Å²) >= 11 is 0. The summed E-state index contributed by atoms with van der Waals surface area (Å²) in [5.74, 6) is 0.621. The van der Waals surface area contributed by atoms with E-state index < -0.39 is 0 Å². The van der Waals surface area contributed by atoms with Crippen LogP contribution >= 0.6 is 0 Å². The lowest BCUT2D eigenvalue weighted by Crippen LogP contribution is -2.46. The number of para-hydroxylation sites is 1. The highest BCUT2D eigenvalue weighted by atomic mass is 16.1. The van der Waals surface area contributed by atoms with Gasteiger partial charge in [-0.25, -0.2) is 4.98 Å². The second kappa shape index (κ2) is 13.5. The van der Waals surface area contributed by atoms with Gasteiger partial charge in [0.15, 0.2) is 0 Å². The fourth-order valence-corrected chi connectivity index (χ4v) is 7.66. The van der Waals surface area contributed by atoms with Crippen LogP contribution in [0.3, 0.4) is 0 Å². The minimum absolute atomic E-state index is 0.0655. The lowest BCUT2D eigenvalue weighted by Gasteiger charge is -2.40. The fourth-order valence-electron chi connectivity index (χ4n) is 7.66. The number of carbonyl (C=O) groups is 1. The first-order valence-electron chi connectivity index (χ1n) is 16.4. The highest BCUT2D eigenvalue weighted by Crippen LogP contribution is 2.33. The van der Waals surface area contributed by atoms with Crippen molar-refractivity contribution >= 4 is 16.8 Å². The Hall–Kier alpha value is -2.76. The second-order valence-electron chi connectivity index (χ2n) is 12.8. The van der Waals surface area contributed by atoms with E-state index in [1.807, 2.05) is 12.1 Å². The Bertz CT molecular complexity index is 1290. The molecule has 0 unspecified atom stereocenters. The normalized spacial score (nSPS) is 21.0. The van der Waals surface area contributed by atoms with E-state index in [1.54, 1.807) is 0 Å². The molecule has 0 bridgehead atoms. The SMILES string of the molecule is C[C@H](NC(=O)c1c(CN2CCC(N3CCCCC3)CC2)c(-c2ccccc2)nc2ccccc12)C1CCCCCC1. The number of fused-ring (bicyclic) bond motifs is 1. The van der Waals surface area contributed by atoms with Gasteiger partial charge in [-0.05, 0) is 83.6 Å². The van der Waals surface area contributed by atoms with Gasteiger partial charge in [-0.3, -0.25) is 9.69 Å². The van der Waals surface area contributed by atoms with Crippen LogP contribution in [0, 0.1) is 5.92 Å². The molecule has 5 nitrogen and oxygen atoms in total. The molecule has 1 aliphatic carbocycles. The molecule has 1 N–H and O–H groups in total. The van der Waals surface area contributed by atoms with E-state index in [1.165, 1.54) is 83.7 Å². The lowest BCUT2D eigenvalue weighted by atomic mass is 9.91. The Morgan fingerprint density at radius 2 is 1.49 bits per heavy atom. The molecule has 1 aromatic heterocycles. The van der Waals surface area contributed by atoms with Crippen molar-refractivity contribution in [2.24, 2.45) is 5.92 Å². The smallest absolute Gasteiger partial charge is 0.252 e. The molecule has 2 aromatic carbocycles. The van der Waals surface area contributed by atoms with Crippen LogP contribution in [0.2, 0.25) is 0 Å². The number of amides is 1. The number of piperidine rings is 2. The monoisotopic (exact) mass is 552 g/mol. The van der Waals surface area contributed by atoms with Crippen molar-refractivity contribution in [2.45, 2.75) is 96.2 Å². The van der Waals surface area contributed by atoms with E-state index in [-0.39, 0.29) is 11.9 Å². The number of hydrogen-bond acceptors (Lipinski definition) is 4. The minimum Gasteiger partial charge on any atom is -0.349 e. The number of nitrogens with one attached hydrogen (secondary N) is 1. The van der Waals surface area contributed by atoms with Gasteiger partial charge in [-0.1, -0.05) is 80.6 Å². The van der Waals surface area contributed by atoms with E-state index in [0.717, 1.165) is 52.9 Å². The van der Waals surface area contributed by atoms with Crippen molar-refractivity contribution < 1.29 is 4.79 Å². The number of hydrogen-bond donors (Lipinski definition) is 1. The lowest BCUT2D eigenvalue weighted by molar-refractivity contribution is 0.0880. The highest BCUT2D eigenvalue weighted by molar-refractivity contribution is 6.09. The van der Waals surface area contributed by atoms with Crippen LogP contribution in [-0.2, 0) is 6.54 Å². The van der Waals surface area contributed by atoms with E-state index in [4.69, 9.17) is 4.98 Å². The zero-order valence-electron chi connectivity index (χ0n) is 25.0. The molecule has 3 aliphatic rings. The Morgan fingerprint density at radius 1 is 0.829 bits per heavy atom. The summed E-state index contributed by atoms with van der Waals surface area (Å²) in [5.41, 5.74) is 4.84. The summed E-state index contributed by atoms with van der Waals surface area (Å²) in [7, 11) is 0. The molecule has 3 aromatic rings. The third kappa shape index (κ3) is 6.67. The van der Waals surface area contributed by atoms with Gasteiger partial charge in [-0.15, -0.1) is 0 Å². The summed E-state index contributed by atoms with van der Waals surface area (Å²) in [5, 5.41) is 4.47. The van der Waals surface area contributed by atoms with Gasteiger partial charge in [0.2, 0.25) is 0 Å². The molecule has 5 heteroatoms. The summed E-state index contributed by atoms with van der Waals surface area (Å²) in [6.45, 7) is 7.65. The van der Waals surface area contributed by atoms with Crippen molar-refractivity contribution in [3.63, 3.8) is 0 Å². The van der Waals surface area contributed by atoms with E-state index in [2.05, 4.69) is 64.5 Å². The first-order valence-corrected chi connectivity index (χ1v) is 16.4. The third-order valence-corrected chi connectivity index (χ3v) is 10.1. The molecule has 0 radical (unpaired) electrons. The molecular formula is C36H48N4O. The van der Waals surface area contributed by atoms with Gasteiger partial charge in [0, 0.05) is 35.1 Å². The molecule has 2 aliphatic heterocycles. The standard InChI is InChI=1S/C36H48N4O/c1-27(28-14-6-2-3-7-15-28)37-36(41)34-31-18-10-11-19-33(31)38-35(29-16-8-4-9-17-29)32(34)26-39-24-20-30(21-25-39)40-22-12-5-13-23-40/h4,8-11,16-19,27-28,30H,2-3,5-7,12-15,20-26H2,1H3,(H,37,41)/t27-/m0/s1. The van der Waals surface area contributed by atoms with Crippen LogP contribution in [0.15, 0.2) is 54.6 Å². The maximum Gasteiger partial charge on any atom is 0.252 e. The van der Waals surface area contributed by atoms with Gasteiger partial charge in [0.05, 0.1) is 16.8 Å². The van der Waals surface area contributed by atoms with Crippen LogP contribution in [0.4, 0.5) is 0 Å². The van der Waals surface area contributed by atoms with Crippen LogP contribution < -0.4 is 5.32 Å². The maximum atomic E-state index is 14.3. The Balaban J connectivity index is 1.32. The third-order valence-electron chi connectivity index (χ3n) is 10.1. The quantitative estimate of drug-likeness (QED) is 0.310. The van der Waals surface area contributed by atoms with Gasteiger partial charge in [-0.2, -0.15) is 0 Å². The number of carbonyl (C=O) groups excluding carboxylic acids is 1. The van der Waals surface area contributed by atoms with Gasteiger partial charge < -0.3 is 10.2 Å². The molecule has 6 rings (SSSR count). The molecule has 3 fully saturated rings. The molecule has 0 spiro atoms. The summed E-state index contributed by atoms with van der Waals surface area (Å²) in [6, 6.07) is 19.6. The molecule has 218 valence electrons. The number of pyridine rings is 1. The van der Waals surface area contributed by atoms with E-state index in [9.17, 15) is 4.79 Å². The molecule has 41 heavy (non-hydrogen) atoms. The Morgan fingerprint density at radius 3 is 2.22 bits per heavy atom. The zero-order valence-corrected chi connectivity index (χ0v) is 25.0. The molecular weight excluding hydrogens is 504 g/mol. The molecule has 2 saturated heterocycles. The van der Waals surface area contributed by atoms with Crippen LogP contribution in [-0.4, -0.2) is 59.0 Å². The van der Waals surface area contributed by atoms with E-state index in [0.29, 0.717) is 12.0 Å². The van der Waals surface area contributed by atoms with Crippen molar-refractivity contribution in [3.05, 3.63) is 65.7 Å². The van der Waals surface area contributed by atoms with Gasteiger partial charge >= 0.3 is 0 Å². The predicted octanol–water partition coefficient (Wildman–Crippen LogP) is 7.44. The first-order chi connectivity index (χ1) is 20.2. The van der Waals surface area contributed by atoms with Crippen molar-refractivity contribution in [2.75, 3.05) is 26.2 Å². The largest absolute Gasteiger partial charge is 0.349 e. The van der Waals surface area contributed by atoms with Gasteiger partial charge in [0.25, 0.3) is 5.91 Å². The van der Waals surface area contributed by atoms with Gasteiger partial charge in [0.1, 0.15) is 0 Å². The average molecular weight is 553 g/mol. The average Bonchev–Trinajstić information content (AvgIpc) is 3.32. The number of rotatable bonds is 7. The second-order valence-corrected chi connectivity index (χ2v) is 12.8. The number of benzene rings is 2. The van der Waals surface area contributed by atoms with E-state index >= 15 is 0 Å². The summed E-state index contributed by atoms with van der Waals surface area (Å²) < 4.78 is 0. The molecule has 1 amide bonds. The van der Waals surface area contributed by atoms with Crippen molar-refractivity contribution in [1.82, 2.24) is 20.1 Å². The number of likely N-dealkylation sites (tertiary alicyclic amines) is 2. The minimum atomic E-state index is 0.0655. The predicted molar refractivity (Wildman–Crippen MR) is 169 cm³/mol. The summed E-state index contributed by atoms with van der Waals surface area (Å²) in [6.07, 6.45) is 14.1. The van der Waals surface area contributed by atoms with Crippen LogP contribution in [0.1, 0.15) is 93.5 Å². The molecule has 3 heterocycles. The highest BCUT2D eigenvalue weighted by Gasteiger charge is 2.29. The molecule has 1 saturated carbocycles. The van der Waals surface area contributed by atoms with Crippen LogP contribution in [0.25, 0.3) is 22.2 Å². The fraction of sp³-hybridized carbons (Fsp3) is 0.556. The number of nitrogens with zero attached hydrogens (tertiary/aromatic N) is 3.